The minimum Gasteiger partial charge on any atom is -0.378 e. The monoisotopic (exact) mass is 298 g/mol. The molecule has 5 nitrogen and oxygen atoms in total. The second-order valence-electron chi connectivity index (χ2n) is 4.67. The van der Waals surface area contributed by atoms with Crippen molar-refractivity contribution in [3.8, 4) is 11.8 Å². The molecular formula is C15H14N4OS. The fourth-order valence-electron chi connectivity index (χ4n) is 2.33. The number of ether oxygens (including phenoxy) is 1. The molecule has 2 heterocycles. The molecule has 1 aliphatic rings. The number of nitrogens with zero attached hydrogens (tertiary/aromatic N) is 4. The quantitative estimate of drug-likeness (QED) is 0.796. The van der Waals surface area contributed by atoms with Crippen LogP contribution >= 0.6 is 12.2 Å². The van der Waals surface area contributed by atoms with Crippen LogP contribution < -0.4 is 4.90 Å². The van der Waals surface area contributed by atoms with E-state index in [0.717, 1.165) is 18.8 Å². The van der Waals surface area contributed by atoms with Gasteiger partial charge in [-0.05, 0) is 12.1 Å². The van der Waals surface area contributed by atoms with E-state index in [9.17, 15) is 5.26 Å². The fraction of sp³-hybridized carbons (Fsp3) is 0.267. The van der Waals surface area contributed by atoms with E-state index < -0.39 is 0 Å². The van der Waals surface area contributed by atoms with Crippen LogP contribution in [0.25, 0.3) is 5.69 Å². The van der Waals surface area contributed by atoms with E-state index in [1.165, 1.54) is 0 Å². The van der Waals surface area contributed by atoms with Gasteiger partial charge in [-0.2, -0.15) is 5.26 Å². The Bertz CT molecular complexity index is 730. The van der Waals surface area contributed by atoms with E-state index in [4.69, 9.17) is 17.0 Å². The highest BCUT2D eigenvalue weighted by Crippen LogP contribution is 2.21. The van der Waals surface area contributed by atoms with E-state index in [1.54, 1.807) is 10.9 Å². The van der Waals surface area contributed by atoms with E-state index in [0.29, 0.717) is 29.2 Å². The number of hydrogen-bond acceptors (Lipinski definition) is 5. The Morgan fingerprint density at radius 2 is 1.90 bits per heavy atom. The zero-order valence-corrected chi connectivity index (χ0v) is 12.2. The van der Waals surface area contributed by atoms with E-state index in [1.807, 2.05) is 35.2 Å². The minimum absolute atomic E-state index is 0.443. The van der Waals surface area contributed by atoms with Crippen molar-refractivity contribution in [1.29, 1.82) is 5.26 Å². The summed E-state index contributed by atoms with van der Waals surface area (Å²) < 4.78 is 7.58. The van der Waals surface area contributed by atoms with E-state index in [2.05, 4.69) is 11.1 Å². The number of hydrogen-bond donors (Lipinski definition) is 0. The molecular weight excluding hydrogens is 284 g/mol. The molecule has 1 saturated heterocycles. The Kier molecular flexibility index (Phi) is 3.95. The van der Waals surface area contributed by atoms with Gasteiger partial charge in [0.05, 0.1) is 13.2 Å². The predicted octanol–water partition coefficient (Wildman–Crippen LogP) is 2.31. The largest absolute Gasteiger partial charge is 0.378 e. The van der Waals surface area contributed by atoms with Crippen LogP contribution in [-0.2, 0) is 4.74 Å². The van der Waals surface area contributed by atoms with Crippen LogP contribution in [0.15, 0.2) is 36.7 Å². The minimum atomic E-state index is 0.443. The smallest absolute Gasteiger partial charge is 0.151 e. The van der Waals surface area contributed by atoms with Crippen molar-refractivity contribution < 1.29 is 4.74 Å². The van der Waals surface area contributed by atoms with Gasteiger partial charge in [-0.25, -0.2) is 4.98 Å². The summed E-state index contributed by atoms with van der Waals surface area (Å²) in [6.45, 7) is 2.75. The highest BCUT2D eigenvalue weighted by Gasteiger charge is 2.18. The topological polar surface area (TPSA) is 54.1 Å². The molecule has 0 N–H and O–H groups in total. The Hall–Kier alpha value is -2.23. The first kappa shape index (κ1) is 13.7. The molecule has 1 fully saturated rings. The van der Waals surface area contributed by atoms with Crippen molar-refractivity contribution in [2.45, 2.75) is 0 Å². The molecule has 1 aromatic heterocycles. The molecule has 0 aliphatic carbocycles. The fourth-order valence-corrected chi connectivity index (χ4v) is 2.62. The molecule has 0 spiro atoms. The number of anilines is 1. The molecule has 2 aromatic rings. The third-order valence-corrected chi connectivity index (χ3v) is 3.81. The van der Waals surface area contributed by atoms with Crippen LogP contribution in [0.3, 0.4) is 0 Å². The summed E-state index contributed by atoms with van der Waals surface area (Å²) in [7, 11) is 0. The maximum atomic E-state index is 9.47. The summed E-state index contributed by atoms with van der Waals surface area (Å²) in [6.07, 6.45) is 1.68. The van der Waals surface area contributed by atoms with Gasteiger partial charge >= 0.3 is 0 Å². The molecule has 1 aliphatic heterocycles. The molecule has 21 heavy (non-hydrogen) atoms. The highest BCUT2D eigenvalue weighted by atomic mass is 32.1. The van der Waals surface area contributed by atoms with Crippen LogP contribution in [0.2, 0.25) is 0 Å². The molecule has 3 rings (SSSR count). The third kappa shape index (κ3) is 2.66. The van der Waals surface area contributed by atoms with Gasteiger partial charge in [0, 0.05) is 18.8 Å². The maximum Gasteiger partial charge on any atom is 0.151 e. The van der Waals surface area contributed by atoms with Gasteiger partial charge in [0.15, 0.2) is 5.82 Å². The number of aromatic nitrogens is 2. The molecule has 0 radical (unpaired) electrons. The van der Waals surface area contributed by atoms with Crippen LogP contribution in [0.5, 0.6) is 0 Å². The van der Waals surface area contributed by atoms with Crippen molar-refractivity contribution in [3.05, 3.63) is 46.9 Å². The van der Waals surface area contributed by atoms with E-state index >= 15 is 0 Å². The summed E-state index contributed by atoms with van der Waals surface area (Å²) in [5.74, 6) is 0.651. The van der Waals surface area contributed by atoms with Crippen molar-refractivity contribution >= 4 is 18.0 Å². The molecule has 0 bridgehead atoms. The summed E-state index contributed by atoms with van der Waals surface area (Å²) in [6, 6.07) is 11.9. The number of morpholine rings is 1. The average molecular weight is 298 g/mol. The van der Waals surface area contributed by atoms with Crippen molar-refractivity contribution in [3.63, 3.8) is 0 Å². The lowest BCUT2D eigenvalue weighted by atomic mass is 10.2. The predicted molar refractivity (Wildman–Crippen MR) is 82.1 cm³/mol. The summed E-state index contributed by atoms with van der Waals surface area (Å²) in [5.41, 5.74) is 1.35. The lowest BCUT2D eigenvalue weighted by Gasteiger charge is -2.28. The summed E-state index contributed by atoms with van der Waals surface area (Å²) in [5, 5.41) is 9.47. The van der Waals surface area contributed by atoms with Crippen molar-refractivity contribution in [2.75, 3.05) is 31.2 Å². The third-order valence-electron chi connectivity index (χ3n) is 3.41. The van der Waals surface area contributed by atoms with Gasteiger partial charge in [-0.15, -0.1) is 0 Å². The number of nitriles is 1. The van der Waals surface area contributed by atoms with Crippen molar-refractivity contribution in [1.82, 2.24) is 9.55 Å². The molecule has 6 heteroatoms. The van der Waals surface area contributed by atoms with Gasteiger partial charge in [-0.1, -0.05) is 30.4 Å². The zero-order valence-electron chi connectivity index (χ0n) is 11.4. The number of benzene rings is 1. The van der Waals surface area contributed by atoms with E-state index in [-0.39, 0.29) is 0 Å². The first-order valence-corrected chi connectivity index (χ1v) is 7.12. The second kappa shape index (κ2) is 6.04. The first-order chi connectivity index (χ1) is 10.3. The van der Waals surface area contributed by atoms with Crippen LogP contribution in [0.4, 0.5) is 5.82 Å². The SMILES string of the molecule is N#Cc1c(N2CCOCC2)ncn(-c2ccccc2)c1=S. The van der Waals surface area contributed by atoms with Gasteiger partial charge in [0.25, 0.3) is 0 Å². The normalized spacial score (nSPS) is 14.7. The van der Waals surface area contributed by atoms with Gasteiger partial charge in [-0.3, -0.25) is 4.57 Å². The molecule has 1 aromatic carbocycles. The average Bonchev–Trinajstić information content (AvgIpc) is 2.56. The number of para-hydroxylation sites is 1. The first-order valence-electron chi connectivity index (χ1n) is 6.71. The molecule has 0 saturated carbocycles. The van der Waals surface area contributed by atoms with Crippen LogP contribution in [-0.4, -0.2) is 35.9 Å². The van der Waals surface area contributed by atoms with Gasteiger partial charge in [0.2, 0.25) is 0 Å². The number of rotatable bonds is 2. The lowest BCUT2D eigenvalue weighted by molar-refractivity contribution is 0.122. The Balaban J connectivity index is 2.08. The lowest BCUT2D eigenvalue weighted by Crippen LogP contribution is -2.37. The van der Waals surface area contributed by atoms with Crippen LogP contribution in [0, 0.1) is 16.0 Å². The second-order valence-corrected chi connectivity index (χ2v) is 5.05. The molecule has 106 valence electrons. The van der Waals surface area contributed by atoms with Gasteiger partial charge < -0.3 is 9.64 Å². The van der Waals surface area contributed by atoms with Crippen molar-refractivity contribution in [2.24, 2.45) is 0 Å². The summed E-state index contributed by atoms with van der Waals surface area (Å²) >= 11 is 5.47. The molecule has 0 unspecified atom stereocenters. The molecule has 0 amide bonds. The Morgan fingerprint density at radius 1 is 1.19 bits per heavy atom. The maximum absolute atomic E-state index is 9.47. The van der Waals surface area contributed by atoms with Gasteiger partial charge in [0.1, 0.15) is 22.6 Å². The Morgan fingerprint density at radius 3 is 2.57 bits per heavy atom. The molecule has 0 atom stereocenters. The Labute approximate surface area is 128 Å². The van der Waals surface area contributed by atoms with Crippen LogP contribution in [0.1, 0.15) is 5.56 Å². The zero-order chi connectivity index (χ0) is 14.7. The summed E-state index contributed by atoms with van der Waals surface area (Å²) in [4.78, 5) is 6.50. The standard InChI is InChI=1S/C15H14N4OS/c16-10-13-14(18-6-8-20-9-7-18)17-11-19(15(13)21)12-4-2-1-3-5-12/h1-5,11H,6-9H2. The highest BCUT2D eigenvalue weighted by molar-refractivity contribution is 7.71.